The van der Waals surface area contributed by atoms with E-state index in [9.17, 15) is 31.1 Å². The van der Waals surface area contributed by atoms with Gasteiger partial charge in [0.25, 0.3) is 6.43 Å². The number of hydrogen-bond acceptors (Lipinski definition) is 5. The second-order valence-electron chi connectivity index (χ2n) is 7.02. The van der Waals surface area contributed by atoms with Gasteiger partial charge in [-0.2, -0.15) is 4.98 Å². The molecule has 1 amide bonds. The predicted octanol–water partition coefficient (Wildman–Crippen LogP) is 5.09. The second-order valence-corrected chi connectivity index (χ2v) is 7.02. The molecule has 0 spiro atoms. The number of carbonyl (C=O) groups is 1. The maximum atomic E-state index is 14.4. The average Bonchev–Trinajstić information content (AvgIpc) is 3.09. The lowest BCUT2D eigenvalue weighted by molar-refractivity contribution is 0.0684. The molecule has 31 heavy (non-hydrogen) atoms. The van der Waals surface area contributed by atoms with Crippen LogP contribution in [0.15, 0.2) is 24.4 Å². The van der Waals surface area contributed by atoms with Gasteiger partial charge in [0.1, 0.15) is 12.4 Å². The topological polar surface area (TPSA) is 67.3 Å². The van der Waals surface area contributed by atoms with Crippen LogP contribution in [-0.2, 0) is 4.74 Å². The van der Waals surface area contributed by atoms with E-state index in [4.69, 9.17) is 4.74 Å². The van der Waals surface area contributed by atoms with Crippen LogP contribution in [0, 0.1) is 17.6 Å². The molecule has 0 radical (unpaired) electrons. The largest absolute Gasteiger partial charge is 0.447 e. The maximum absolute atomic E-state index is 14.4. The number of halogens is 6. The van der Waals surface area contributed by atoms with E-state index >= 15 is 0 Å². The number of cyclic esters (lactones) is 1. The van der Waals surface area contributed by atoms with E-state index < -0.39 is 60.0 Å². The predicted molar refractivity (Wildman–Crippen MR) is 98.2 cm³/mol. The van der Waals surface area contributed by atoms with Gasteiger partial charge in [0, 0.05) is 17.0 Å². The molecule has 1 aliphatic heterocycles. The normalized spacial score (nSPS) is 18.5. The second kappa shape index (κ2) is 8.98. The summed E-state index contributed by atoms with van der Waals surface area (Å²) in [6, 6.07) is 0.949. The number of benzene rings is 1. The first-order valence-electron chi connectivity index (χ1n) is 9.20. The number of aromatic nitrogens is 2. The average molecular weight is 448 g/mol. The van der Waals surface area contributed by atoms with Crippen LogP contribution >= 0.6 is 0 Å². The van der Waals surface area contributed by atoms with E-state index in [1.54, 1.807) is 0 Å². The lowest BCUT2D eigenvalue weighted by Gasteiger charge is -2.25. The van der Waals surface area contributed by atoms with Crippen LogP contribution in [0.25, 0.3) is 0 Å². The van der Waals surface area contributed by atoms with Crippen LogP contribution < -0.4 is 10.2 Å². The molecule has 1 aromatic heterocycles. The van der Waals surface area contributed by atoms with Crippen molar-refractivity contribution >= 4 is 17.9 Å². The molecule has 2 unspecified atom stereocenters. The summed E-state index contributed by atoms with van der Waals surface area (Å²) in [4.78, 5) is 20.3. The molecular weight excluding hydrogens is 430 g/mol. The minimum Gasteiger partial charge on any atom is -0.447 e. The molecule has 2 heterocycles. The number of hydrogen-bond donors (Lipinski definition) is 1. The monoisotopic (exact) mass is 448 g/mol. The van der Waals surface area contributed by atoms with E-state index in [0.29, 0.717) is 11.0 Å². The van der Waals surface area contributed by atoms with Gasteiger partial charge in [-0.3, -0.25) is 4.90 Å². The van der Waals surface area contributed by atoms with Gasteiger partial charge in [0.2, 0.25) is 12.4 Å². The standard InChI is InChI=1S/C19H18F6N4O2/c1-8(15(22)23)14-7-31-19(30)29(14)17-13(21)6-26-18(28-17)27-9(2)11-4-3-10(16(24)25)5-12(11)20/h3-6,8-9,14-16H,7H2,1-2H3,(H,26,27,28)/t8?,9-,14?/m0/s1. The molecular formula is C19H18F6N4O2. The summed E-state index contributed by atoms with van der Waals surface area (Å²) in [7, 11) is 0. The molecule has 1 aliphatic rings. The van der Waals surface area contributed by atoms with E-state index in [2.05, 4.69) is 15.3 Å². The number of nitrogens with one attached hydrogen (secondary N) is 1. The van der Waals surface area contributed by atoms with Gasteiger partial charge in [0.05, 0.1) is 18.3 Å². The smallest absolute Gasteiger partial charge is 0.416 e. The Hall–Kier alpha value is -3.05. The molecule has 6 nitrogen and oxygen atoms in total. The first kappa shape index (κ1) is 22.6. The van der Waals surface area contributed by atoms with Crippen LogP contribution in [0.1, 0.15) is 37.4 Å². The molecule has 12 heteroatoms. The number of carbonyl (C=O) groups excluding carboxylic acids is 1. The Kier molecular flexibility index (Phi) is 6.56. The molecule has 3 rings (SSSR count). The third-order valence-electron chi connectivity index (χ3n) is 4.95. The molecule has 0 aliphatic carbocycles. The van der Waals surface area contributed by atoms with Crippen molar-refractivity contribution in [1.82, 2.24) is 9.97 Å². The summed E-state index contributed by atoms with van der Waals surface area (Å²) in [6.07, 6.45) is -5.94. The van der Waals surface area contributed by atoms with Crippen molar-refractivity contribution in [1.29, 1.82) is 0 Å². The summed E-state index contributed by atoms with van der Waals surface area (Å²) in [5.41, 5.74) is -0.468. The Bertz CT molecular complexity index is 961. The molecule has 2 aromatic rings. The van der Waals surface area contributed by atoms with Crippen molar-refractivity contribution in [2.24, 2.45) is 5.92 Å². The summed E-state index contributed by atoms with van der Waals surface area (Å²) in [5.74, 6) is -4.06. The Morgan fingerprint density at radius 3 is 2.48 bits per heavy atom. The van der Waals surface area contributed by atoms with Gasteiger partial charge < -0.3 is 10.1 Å². The number of anilines is 2. The maximum Gasteiger partial charge on any atom is 0.416 e. The minimum absolute atomic E-state index is 0.0173. The third-order valence-corrected chi connectivity index (χ3v) is 4.95. The fourth-order valence-corrected chi connectivity index (χ4v) is 3.13. The van der Waals surface area contributed by atoms with Gasteiger partial charge in [-0.25, -0.2) is 36.1 Å². The van der Waals surface area contributed by atoms with Crippen molar-refractivity contribution in [3.8, 4) is 0 Å². The summed E-state index contributed by atoms with van der Waals surface area (Å²) < 4.78 is 85.0. The van der Waals surface area contributed by atoms with Gasteiger partial charge in [-0.1, -0.05) is 19.1 Å². The van der Waals surface area contributed by atoms with Crippen molar-refractivity contribution in [3.63, 3.8) is 0 Å². The first-order chi connectivity index (χ1) is 14.6. The SMILES string of the molecule is CC(C(F)F)C1COC(=O)N1c1nc(N[C@@H](C)c2ccc(C(F)F)cc2F)ncc1F. The highest BCUT2D eigenvalue weighted by molar-refractivity contribution is 5.89. The quantitative estimate of drug-likeness (QED) is 0.598. The van der Waals surface area contributed by atoms with Gasteiger partial charge in [-0.15, -0.1) is 0 Å². The van der Waals surface area contributed by atoms with Gasteiger partial charge in [0.15, 0.2) is 11.6 Å². The Morgan fingerprint density at radius 2 is 1.87 bits per heavy atom. The van der Waals surface area contributed by atoms with Crippen LogP contribution in [0.3, 0.4) is 0 Å². The van der Waals surface area contributed by atoms with E-state index in [1.165, 1.54) is 13.8 Å². The zero-order valence-corrected chi connectivity index (χ0v) is 16.3. The molecule has 1 saturated heterocycles. The summed E-state index contributed by atoms with van der Waals surface area (Å²) in [6.45, 7) is 2.31. The van der Waals surface area contributed by atoms with Crippen molar-refractivity contribution < 1.29 is 35.9 Å². The first-order valence-corrected chi connectivity index (χ1v) is 9.20. The summed E-state index contributed by atoms with van der Waals surface area (Å²) >= 11 is 0. The number of ether oxygens (including phenoxy) is 1. The van der Waals surface area contributed by atoms with Gasteiger partial charge in [-0.05, 0) is 13.0 Å². The molecule has 3 atom stereocenters. The Balaban J connectivity index is 1.86. The number of rotatable bonds is 7. The zero-order chi connectivity index (χ0) is 22.9. The lowest BCUT2D eigenvalue weighted by Crippen LogP contribution is -2.41. The third kappa shape index (κ3) is 4.67. The highest BCUT2D eigenvalue weighted by Gasteiger charge is 2.43. The number of alkyl halides is 4. The molecule has 1 aromatic carbocycles. The lowest BCUT2D eigenvalue weighted by atomic mass is 10.0. The van der Waals surface area contributed by atoms with Crippen LogP contribution in [0.2, 0.25) is 0 Å². The minimum atomic E-state index is -2.83. The Morgan fingerprint density at radius 1 is 1.16 bits per heavy atom. The molecule has 0 saturated carbocycles. The van der Waals surface area contributed by atoms with E-state index in [-0.39, 0.29) is 18.1 Å². The number of nitrogens with zero attached hydrogens (tertiary/aromatic N) is 3. The molecule has 0 bridgehead atoms. The fraction of sp³-hybridized carbons (Fsp3) is 0.421. The highest BCUT2D eigenvalue weighted by atomic mass is 19.3. The molecule has 1 N–H and O–H groups in total. The van der Waals surface area contributed by atoms with Crippen molar-refractivity contribution in [2.75, 3.05) is 16.8 Å². The zero-order valence-electron chi connectivity index (χ0n) is 16.3. The highest BCUT2D eigenvalue weighted by Crippen LogP contribution is 2.31. The number of amides is 1. The fourth-order valence-electron chi connectivity index (χ4n) is 3.13. The summed E-state index contributed by atoms with van der Waals surface area (Å²) in [5, 5.41) is 2.68. The van der Waals surface area contributed by atoms with Crippen LogP contribution in [-0.4, -0.2) is 35.1 Å². The van der Waals surface area contributed by atoms with Crippen molar-refractivity contribution in [3.05, 3.63) is 47.2 Å². The van der Waals surface area contributed by atoms with E-state index in [0.717, 1.165) is 18.3 Å². The van der Waals surface area contributed by atoms with Crippen LogP contribution in [0.4, 0.5) is 42.9 Å². The van der Waals surface area contributed by atoms with Crippen molar-refractivity contribution in [2.45, 2.75) is 38.8 Å². The van der Waals surface area contributed by atoms with Gasteiger partial charge >= 0.3 is 6.09 Å². The Labute approximate surface area is 173 Å². The van der Waals surface area contributed by atoms with Crippen LogP contribution in [0.5, 0.6) is 0 Å². The molecule has 1 fully saturated rings. The molecule has 168 valence electrons. The van der Waals surface area contributed by atoms with E-state index in [1.807, 2.05) is 0 Å².